The Morgan fingerprint density at radius 3 is 2.53 bits per heavy atom. The summed E-state index contributed by atoms with van der Waals surface area (Å²) in [5, 5.41) is 5.74. The molecule has 3 amide bonds. The molecule has 0 aliphatic carbocycles. The SMILES string of the molecule is CCCCN1C(=O)N[C@@H](c2cccc(NC(=O)COC)c2)C(C(=O)OCC)=C1c1ccccc1. The van der Waals surface area contributed by atoms with Gasteiger partial charge in [0, 0.05) is 19.3 Å². The number of methoxy groups -OCH3 is 1. The van der Waals surface area contributed by atoms with Crippen molar-refractivity contribution in [3.8, 4) is 0 Å². The van der Waals surface area contributed by atoms with E-state index in [2.05, 4.69) is 10.6 Å². The zero-order valence-corrected chi connectivity index (χ0v) is 19.8. The van der Waals surface area contributed by atoms with Crippen molar-refractivity contribution < 1.29 is 23.9 Å². The number of hydrogen-bond acceptors (Lipinski definition) is 5. The molecule has 1 aliphatic rings. The van der Waals surface area contributed by atoms with E-state index >= 15 is 0 Å². The number of hydrogen-bond donors (Lipinski definition) is 2. The van der Waals surface area contributed by atoms with E-state index in [0.717, 1.165) is 18.4 Å². The highest BCUT2D eigenvalue weighted by Crippen LogP contribution is 2.37. The van der Waals surface area contributed by atoms with Crippen LogP contribution in [0.5, 0.6) is 0 Å². The maximum atomic E-state index is 13.3. The third kappa shape index (κ3) is 5.82. The van der Waals surface area contributed by atoms with Crippen LogP contribution in [0.1, 0.15) is 43.9 Å². The van der Waals surface area contributed by atoms with Crippen molar-refractivity contribution in [2.45, 2.75) is 32.7 Å². The lowest BCUT2D eigenvalue weighted by Gasteiger charge is -2.37. The van der Waals surface area contributed by atoms with Crippen molar-refractivity contribution in [3.05, 3.63) is 71.3 Å². The summed E-state index contributed by atoms with van der Waals surface area (Å²) in [5.74, 6) is -0.800. The van der Waals surface area contributed by atoms with Gasteiger partial charge in [-0.3, -0.25) is 9.69 Å². The topological polar surface area (TPSA) is 97.0 Å². The van der Waals surface area contributed by atoms with Crippen LogP contribution in [0.15, 0.2) is 60.2 Å². The normalized spacial score (nSPS) is 15.7. The fourth-order valence-electron chi connectivity index (χ4n) is 3.89. The van der Waals surface area contributed by atoms with Gasteiger partial charge < -0.3 is 20.1 Å². The molecule has 0 radical (unpaired) electrons. The molecule has 0 unspecified atom stereocenters. The number of unbranched alkanes of at least 4 members (excludes halogenated alkanes) is 1. The van der Waals surface area contributed by atoms with Crippen LogP contribution in [0.2, 0.25) is 0 Å². The predicted molar refractivity (Wildman–Crippen MR) is 130 cm³/mol. The van der Waals surface area contributed by atoms with Crippen LogP contribution in [0.4, 0.5) is 10.5 Å². The van der Waals surface area contributed by atoms with Crippen molar-refractivity contribution in [1.29, 1.82) is 0 Å². The molecule has 2 aromatic carbocycles. The van der Waals surface area contributed by atoms with Gasteiger partial charge in [0.15, 0.2) is 0 Å². The van der Waals surface area contributed by atoms with Gasteiger partial charge in [0.2, 0.25) is 5.91 Å². The van der Waals surface area contributed by atoms with E-state index in [1.165, 1.54) is 7.11 Å². The second-order valence-corrected chi connectivity index (χ2v) is 7.84. The van der Waals surface area contributed by atoms with Gasteiger partial charge in [0.1, 0.15) is 6.61 Å². The molecule has 3 rings (SSSR count). The minimum absolute atomic E-state index is 0.0804. The number of amides is 3. The number of anilines is 1. The van der Waals surface area contributed by atoms with E-state index in [-0.39, 0.29) is 25.2 Å². The lowest BCUT2D eigenvalue weighted by Crippen LogP contribution is -2.48. The summed E-state index contributed by atoms with van der Waals surface area (Å²) in [5.41, 5.74) is 2.83. The minimum Gasteiger partial charge on any atom is -0.463 e. The Bertz CT molecular complexity index is 1050. The van der Waals surface area contributed by atoms with Gasteiger partial charge in [-0.2, -0.15) is 0 Å². The van der Waals surface area contributed by atoms with Gasteiger partial charge in [-0.25, -0.2) is 9.59 Å². The predicted octanol–water partition coefficient (Wildman–Crippen LogP) is 4.11. The Hall–Kier alpha value is -3.65. The van der Waals surface area contributed by atoms with Crippen molar-refractivity contribution in [2.75, 3.05) is 32.2 Å². The average Bonchev–Trinajstić information content (AvgIpc) is 2.83. The van der Waals surface area contributed by atoms with E-state index in [1.54, 1.807) is 36.1 Å². The second kappa shape index (κ2) is 12.0. The summed E-state index contributed by atoms with van der Waals surface area (Å²) in [6.07, 6.45) is 1.68. The summed E-state index contributed by atoms with van der Waals surface area (Å²) in [4.78, 5) is 40.2. The number of urea groups is 1. The first-order chi connectivity index (χ1) is 16.5. The van der Waals surface area contributed by atoms with E-state index in [0.29, 0.717) is 29.1 Å². The monoisotopic (exact) mass is 465 g/mol. The number of esters is 1. The molecule has 0 spiro atoms. The Kier molecular flexibility index (Phi) is 8.81. The molecule has 0 aromatic heterocycles. The van der Waals surface area contributed by atoms with E-state index in [4.69, 9.17) is 9.47 Å². The van der Waals surface area contributed by atoms with Crippen molar-refractivity contribution in [1.82, 2.24) is 10.2 Å². The Balaban J connectivity index is 2.15. The Morgan fingerprint density at radius 1 is 1.09 bits per heavy atom. The summed E-state index contributed by atoms with van der Waals surface area (Å²) in [6.45, 7) is 4.38. The maximum Gasteiger partial charge on any atom is 0.338 e. The van der Waals surface area contributed by atoms with Crippen LogP contribution >= 0.6 is 0 Å². The molecule has 1 atom stereocenters. The average molecular weight is 466 g/mol. The highest BCUT2D eigenvalue weighted by atomic mass is 16.5. The van der Waals surface area contributed by atoms with Crippen LogP contribution in [0.3, 0.4) is 0 Å². The van der Waals surface area contributed by atoms with Gasteiger partial charge >= 0.3 is 12.0 Å². The van der Waals surface area contributed by atoms with Crippen molar-refractivity contribution in [2.24, 2.45) is 0 Å². The molecule has 0 fully saturated rings. The Labute approximate surface area is 199 Å². The molecule has 0 bridgehead atoms. The summed E-state index contributed by atoms with van der Waals surface area (Å²) in [6, 6.07) is 15.4. The summed E-state index contributed by atoms with van der Waals surface area (Å²) in [7, 11) is 1.44. The van der Waals surface area contributed by atoms with Crippen molar-refractivity contribution >= 4 is 29.3 Å². The maximum absolute atomic E-state index is 13.3. The van der Waals surface area contributed by atoms with Gasteiger partial charge in [-0.05, 0) is 36.6 Å². The standard InChI is InChI=1S/C26H31N3O5/c1-4-6-15-29-24(18-11-8-7-9-12-18)22(25(31)34-5-2)23(28-26(29)32)19-13-10-14-20(16-19)27-21(30)17-33-3/h7-14,16,23H,4-6,15,17H2,1-3H3,(H,27,30)(H,28,32)/t23-/m0/s1. The third-order valence-electron chi connectivity index (χ3n) is 5.38. The molecule has 1 heterocycles. The number of benzene rings is 2. The van der Waals surface area contributed by atoms with Crippen LogP contribution in [0, 0.1) is 0 Å². The molecular weight excluding hydrogens is 434 g/mol. The molecule has 1 aliphatic heterocycles. The molecular formula is C26H31N3O5. The highest BCUT2D eigenvalue weighted by molar-refractivity contribution is 6.04. The van der Waals surface area contributed by atoms with Gasteiger partial charge in [-0.15, -0.1) is 0 Å². The highest BCUT2D eigenvalue weighted by Gasteiger charge is 2.38. The number of carbonyl (C=O) groups is 3. The first-order valence-electron chi connectivity index (χ1n) is 11.4. The van der Waals surface area contributed by atoms with Gasteiger partial charge in [-0.1, -0.05) is 55.8 Å². The molecule has 8 heteroatoms. The first-order valence-corrected chi connectivity index (χ1v) is 11.4. The molecule has 34 heavy (non-hydrogen) atoms. The molecule has 2 aromatic rings. The number of nitrogens with zero attached hydrogens (tertiary/aromatic N) is 1. The quantitative estimate of drug-likeness (QED) is 0.515. The lowest BCUT2D eigenvalue weighted by molar-refractivity contribution is -0.139. The fourth-order valence-corrected chi connectivity index (χ4v) is 3.89. The van der Waals surface area contributed by atoms with E-state index in [9.17, 15) is 14.4 Å². The minimum atomic E-state index is -0.751. The number of carbonyl (C=O) groups excluding carboxylic acids is 3. The lowest BCUT2D eigenvalue weighted by atomic mass is 9.91. The smallest absolute Gasteiger partial charge is 0.338 e. The first kappa shape index (κ1) is 25.0. The molecule has 0 saturated carbocycles. The largest absolute Gasteiger partial charge is 0.463 e. The Morgan fingerprint density at radius 2 is 1.85 bits per heavy atom. The summed E-state index contributed by atoms with van der Waals surface area (Å²) < 4.78 is 10.3. The fraction of sp³-hybridized carbons (Fsp3) is 0.346. The molecule has 8 nitrogen and oxygen atoms in total. The summed E-state index contributed by atoms with van der Waals surface area (Å²) >= 11 is 0. The van der Waals surface area contributed by atoms with Crippen LogP contribution < -0.4 is 10.6 Å². The van der Waals surface area contributed by atoms with Crippen LogP contribution in [-0.2, 0) is 19.1 Å². The number of ether oxygens (including phenoxy) is 2. The van der Waals surface area contributed by atoms with Gasteiger partial charge in [0.05, 0.1) is 23.9 Å². The molecule has 180 valence electrons. The molecule has 2 N–H and O–H groups in total. The zero-order chi connectivity index (χ0) is 24.5. The number of nitrogens with one attached hydrogen (secondary N) is 2. The van der Waals surface area contributed by atoms with E-state index in [1.807, 2.05) is 37.3 Å². The van der Waals surface area contributed by atoms with Crippen LogP contribution in [0.25, 0.3) is 5.70 Å². The van der Waals surface area contributed by atoms with Crippen molar-refractivity contribution in [3.63, 3.8) is 0 Å². The van der Waals surface area contributed by atoms with E-state index < -0.39 is 12.0 Å². The number of rotatable bonds is 10. The second-order valence-electron chi connectivity index (χ2n) is 7.84. The zero-order valence-electron chi connectivity index (χ0n) is 19.8. The van der Waals surface area contributed by atoms with Crippen LogP contribution in [-0.4, -0.2) is 49.7 Å². The van der Waals surface area contributed by atoms with Gasteiger partial charge in [0.25, 0.3) is 0 Å². The molecule has 0 saturated heterocycles. The third-order valence-corrected chi connectivity index (χ3v) is 5.38.